The van der Waals surface area contributed by atoms with E-state index in [-0.39, 0.29) is 0 Å². The van der Waals surface area contributed by atoms with Crippen LogP contribution in [0.4, 0.5) is 0 Å². The van der Waals surface area contributed by atoms with Gasteiger partial charge in [-0.2, -0.15) is 0 Å². The molecule has 0 spiro atoms. The molecule has 1 aliphatic rings. The lowest BCUT2D eigenvalue weighted by atomic mass is 10.0. The summed E-state index contributed by atoms with van der Waals surface area (Å²) in [5, 5.41) is 0. The van der Waals surface area contributed by atoms with E-state index in [9.17, 15) is 0 Å². The summed E-state index contributed by atoms with van der Waals surface area (Å²) in [6.45, 7) is 4.49. The van der Waals surface area contributed by atoms with Crippen molar-refractivity contribution in [2.24, 2.45) is 5.92 Å². The molecule has 0 N–H and O–H groups in total. The van der Waals surface area contributed by atoms with Gasteiger partial charge < -0.3 is 4.74 Å². The Bertz CT molecular complexity index is 375. The first kappa shape index (κ1) is 9.32. The molecule has 1 heteroatoms. The fourth-order valence-corrected chi connectivity index (χ4v) is 1.84. The van der Waals surface area contributed by atoms with E-state index in [4.69, 9.17) is 4.74 Å². The van der Waals surface area contributed by atoms with Gasteiger partial charge in [0, 0.05) is 0 Å². The maximum absolute atomic E-state index is 5.21. The summed E-state index contributed by atoms with van der Waals surface area (Å²) in [5.74, 6) is 1.60. The number of rotatable bonds is 2. The second-order valence-corrected chi connectivity index (χ2v) is 4.12. The zero-order valence-electron chi connectivity index (χ0n) is 9.00. The van der Waals surface area contributed by atoms with Gasteiger partial charge in [-0.25, -0.2) is 0 Å². The van der Waals surface area contributed by atoms with Crippen LogP contribution in [0.25, 0.3) is 6.08 Å². The van der Waals surface area contributed by atoms with Crippen LogP contribution >= 0.6 is 0 Å². The van der Waals surface area contributed by atoms with Gasteiger partial charge in [-0.1, -0.05) is 31.6 Å². The Balaban J connectivity index is 2.34. The number of allylic oxidation sites excluding steroid dienone is 1. The molecule has 0 amide bonds. The van der Waals surface area contributed by atoms with Gasteiger partial charge in [0.25, 0.3) is 0 Å². The fourth-order valence-electron chi connectivity index (χ4n) is 1.84. The maximum atomic E-state index is 5.21. The van der Waals surface area contributed by atoms with Gasteiger partial charge in [0.05, 0.1) is 7.11 Å². The Morgan fingerprint density at radius 3 is 2.71 bits per heavy atom. The first-order valence-corrected chi connectivity index (χ1v) is 5.08. The van der Waals surface area contributed by atoms with E-state index in [1.165, 1.54) is 16.7 Å². The molecule has 0 saturated heterocycles. The molecule has 0 saturated carbocycles. The normalized spacial score (nSPS) is 14.1. The number of fused-ring (bicyclic) bond motifs is 1. The molecular weight excluding hydrogens is 172 g/mol. The first-order valence-electron chi connectivity index (χ1n) is 5.08. The molecule has 1 aliphatic carbocycles. The molecule has 74 valence electrons. The van der Waals surface area contributed by atoms with Crippen LogP contribution in [0.3, 0.4) is 0 Å². The Morgan fingerprint density at radius 2 is 2.07 bits per heavy atom. The second-order valence-electron chi connectivity index (χ2n) is 4.12. The number of hydrogen-bond donors (Lipinski definition) is 0. The lowest BCUT2D eigenvalue weighted by Gasteiger charge is -2.04. The number of hydrogen-bond acceptors (Lipinski definition) is 1. The predicted octanol–water partition coefficient (Wildman–Crippen LogP) is 3.29. The second kappa shape index (κ2) is 3.49. The Kier molecular flexibility index (Phi) is 2.32. The summed E-state index contributed by atoms with van der Waals surface area (Å²) in [4.78, 5) is 0. The largest absolute Gasteiger partial charge is 0.497 e. The van der Waals surface area contributed by atoms with E-state index in [0.717, 1.165) is 12.2 Å². The summed E-state index contributed by atoms with van der Waals surface area (Å²) in [6.07, 6.45) is 3.40. The minimum atomic E-state index is 0.647. The highest BCUT2D eigenvalue weighted by Gasteiger charge is 2.15. The molecule has 0 bridgehead atoms. The molecular formula is C13H16O. The molecule has 0 aliphatic heterocycles. The van der Waals surface area contributed by atoms with Gasteiger partial charge in [0.1, 0.15) is 5.75 Å². The molecule has 0 heterocycles. The Hall–Kier alpha value is -1.24. The minimum absolute atomic E-state index is 0.647. The Morgan fingerprint density at radius 1 is 1.29 bits per heavy atom. The zero-order valence-corrected chi connectivity index (χ0v) is 9.00. The van der Waals surface area contributed by atoms with Crippen LogP contribution in [-0.2, 0) is 6.42 Å². The van der Waals surface area contributed by atoms with Gasteiger partial charge in [0.15, 0.2) is 0 Å². The van der Waals surface area contributed by atoms with Gasteiger partial charge in [-0.15, -0.1) is 0 Å². The van der Waals surface area contributed by atoms with Gasteiger partial charge in [-0.3, -0.25) is 0 Å². The highest BCUT2D eigenvalue weighted by atomic mass is 16.5. The molecule has 14 heavy (non-hydrogen) atoms. The van der Waals surface area contributed by atoms with Crippen LogP contribution in [-0.4, -0.2) is 7.11 Å². The topological polar surface area (TPSA) is 9.23 Å². The highest BCUT2D eigenvalue weighted by Crippen LogP contribution is 2.31. The number of methoxy groups -OCH3 is 1. The Labute approximate surface area is 85.4 Å². The van der Waals surface area contributed by atoms with Crippen molar-refractivity contribution in [2.75, 3.05) is 7.11 Å². The van der Waals surface area contributed by atoms with Crippen LogP contribution in [0.1, 0.15) is 25.0 Å². The summed E-state index contributed by atoms with van der Waals surface area (Å²) >= 11 is 0. The van der Waals surface area contributed by atoms with Crippen molar-refractivity contribution in [1.29, 1.82) is 0 Å². The van der Waals surface area contributed by atoms with E-state index in [1.54, 1.807) is 7.11 Å². The van der Waals surface area contributed by atoms with E-state index >= 15 is 0 Å². The first-order chi connectivity index (χ1) is 6.70. The minimum Gasteiger partial charge on any atom is -0.497 e. The van der Waals surface area contributed by atoms with Crippen LogP contribution in [0, 0.1) is 5.92 Å². The van der Waals surface area contributed by atoms with E-state index in [2.05, 4.69) is 32.1 Å². The van der Waals surface area contributed by atoms with E-state index in [1.807, 2.05) is 6.07 Å². The third-order valence-corrected chi connectivity index (χ3v) is 2.83. The van der Waals surface area contributed by atoms with Crippen molar-refractivity contribution in [3.8, 4) is 5.75 Å². The molecule has 1 aromatic carbocycles. The monoisotopic (exact) mass is 188 g/mol. The predicted molar refractivity (Wildman–Crippen MR) is 59.5 cm³/mol. The van der Waals surface area contributed by atoms with Crippen molar-refractivity contribution in [3.05, 3.63) is 34.9 Å². The van der Waals surface area contributed by atoms with Crippen molar-refractivity contribution < 1.29 is 4.74 Å². The summed E-state index contributed by atoms with van der Waals surface area (Å²) in [6, 6.07) is 6.32. The van der Waals surface area contributed by atoms with Crippen molar-refractivity contribution in [1.82, 2.24) is 0 Å². The molecule has 1 nitrogen and oxygen atoms in total. The quantitative estimate of drug-likeness (QED) is 0.692. The standard InChI is InChI=1S/C13H16O/c1-9(2)11-6-10-4-5-13(14-3)8-12(10)7-11/h4-5,7-9H,6H2,1-3H3. The van der Waals surface area contributed by atoms with Crippen molar-refractivity contribution in [3.63, 3.8) is 0 Å². The average molecular weight is 188 g/mol. The lowest BCUT2D eigenvalue weighted by molar-refractivity contribution is 0.414. The average Bonchev–Trinajstić information content (AvgIpc) is 2.59. The van der Waals surface area contributed by atoms with Crippen molar-refractivity contribution >= 4 is 6.08 Å². The van der Waals surface area contributed by atoms with E-state index < -0.39 is 0 Å². The molecule has 0 unspecified atom stereocenters. The highest BCUT2D eigenvalue weighted by molar-refractivity contribution is 5.65. The molecule has 0 radical (unpaired) electrons. The van der Waals surface area contributed by atoms with E-state index in [0.29, 0.717) is 5.92 Å². The van der Waals surface area contributed by atoms with Crippen LogP contribution in [0.15, 0.2) is 23.8 Å². The summed E-state index contributed by atoms with van der Waals surface area (Å²) < 4.78 is 5.21. The molecule has 1 aromatic rings. The molecule has 0 atom stereocenters. The fraction of sp³-hybridized carbons (Fsp3) is 0.385. The molecule has 0 aromatic heterocycles. The summed E-state index contributed by atoms with van der Waals surface area (Å²) in [5.41, 5.74) is 4.27. The summed E-state index contributed by atoms with van der Waals surface area (Å²) in [7, 11) is 1.71. The third kappa shape index (κ3) is 1.54. The molecule has 2 rings (SSSR count). The van der Waals surface area contributed by atoms with Gasteiger partial charge in [0.2, 0.25) is 0 Å². The lowest BCUT2D eigenvalue weighted by Crippen LogP contribution is -1.92. The van der Waals surface area contributed by atoms with Crippen LogP contribution in [0.2, 0.25) is 0 Å². The van der Waals surface area contributed by atoms with Crippen molar-refractivity contribution in [2.45, 2.75) is 20.3 Å². The van der Waals surface area contributed by atoms with Crippen LogP contribution in [0.5, 0.6) is 5.75 Å². The zero-order chi connectivity index (χ0) is 10.1. The smallest absolute Gasteiger partial charge is 0.119 e. The van der Waals surface area contributed by atoms with Crippen LogP contribution < -0.4 is 4.74 Å². The molecule has 0 fully saturated rings. The maximum Gasteiger partial charge on any atom is 0.119 e. The van der Waals surface area contributed by atoms with Gasteiger partial charge >= 0.3 is 0 Å². The third-order valence-electron chi connectivity index (χ3n) is 2.83. The SMILES string of the molecule is COc1ccc2c(c1)C=C(C(C)C)C2. The number of benzene rings is 1. The van der Waals surface area contributed by atoms with Gasteiger partial charge in [-0.05, 0) is 35.6 Å². The number of ether oxygens (including phenoxy) is 1.